The third-order valence-corrected chi connectivity index (χ3v) is 17.8. The molecular weight excluding hydrogens is 1040 g/mol. The average molecular weight is 1190 g/mol. The molecule has 6 nitrogen and oxygen atoms in total. The normalized spacial score (nSPS) is 12.8. The quantitative estimate of drug-likeness (QED) is 0.0320. The molecule has 0 rings (SSSR count). The van der Waals surface area contributed by atoms with Crippen molar-refractivity contribution in [3.63, 3.8) is 0 Å². The van der Waals surface area contributed by atoms with Crippen molar-refractivity contribution in [2.24, 2.45) is 0 Å². The van der Waals surface area contributed by atoms with E-state index in [1.54, 1.807) is 6.08 Å². The highest BCUT2D eigenvalue weighted by Gasteiger charge is 2.18. The molecular formula is C79H149NO5. The highest BCUT2D eigenvalue weighted by molar-refractivity contribution is 5.76. The minimum Gasteiger partial charge on any atom is -0.466 e. The maximum absolute atomic E-state index is 12.5. The van der Waals surface area contributed by atoms with Crippen LogP contribution in [0.15, 0.2) is 48.6 Å². The van der Waals surface area contributed by atoms with Crippen LogP contribution >= 0.6 is 0 Å². The molecule has 85 heavy (non-hydrogen) atoms. The van der Waals surface area contributed by atoms with Gasteiger partial charge in [0.1, 0.15) is 0 Å². The van der Waals surface area contributed by atoms with Crippen LogP contribution in [0.5, 0.6) is 0 Å². The van der Waals surface area contributed by atoms with Crippen LogP contribution in [0.2, 0.25) is 0 Å². The topological polar surface area (TPSA) is 95.9 Å². The highest BCUT2D eigenvalue weighted by Crippen LogP contribution is 2.19. The lowest BCUT2D eigenvalue weighted by Crippen LogP contribution is -2.45. The van der Waals surface area contributed by atoms with Crippen molar-refractivity contribution in [1.82, 2.24) is 5.32 Å². The smallest absolute Gasteiger partial charge is 0.305 e. The molecule has 0 aliphatic carbocycles. The first-order chi connectivity index (χ1) is 42.0. The van der Waals surface area contributed by atoms with E-state index in [2.05, 4.69) is 55.6 Å². The maximum atomic E-state index is 12.5. The SMILES string of the molecule is CCCCCC/C=C\C/C=C\CCCCCCCC(=O)OCCCCCCCCCCCCCCCCCCCC/C=C\CCCCCCCCCCCCCCCCCCCC(=O)NC(CO)C(O)/C=C/CCCCCCCCCCCCC. The van der Waals surface area contributed by atoms with Crippen LogP contribution in [0.4, 0.5) is 0 Å². The molecule has 0 aromatic rings. The fourth-order valence-corrected chi connectivity index (χ4v) is 12.0. The van der Waals surface area contributed by atoms with E-state index >= 15 is 0 Å². The summed E-state index contributed by atoms with van der Waals surface area (Å²) in [5, 5.41) is 23.1. The Morgan fingerprint density at radius 3 is 0.918 bits per heavy atom. The van der Waals surface area contributed by atoms with Gasteiger partial charge in [-0.2, -0.15) is 0 Å². The van der Waals surface area contributed by atoms with E-state index in [1.807, 2.05) is 6.08 Å². The Balaban J connectivity index is 3.33. The van der Waals surface area contributed by atoms with Crippen molar-refractivity contribution in [1.29, 1.82) is 0 Å². The predicted octanol–water partition coefficient (Wildman–Crippen LogP) is 25.2. The Morgan fingerprint density at radius 2 is 0.588 bits per heavy atom. The van der Waals surface area contributed by atoms with E-state index in [0.29, 0.717) is 19.4 Å². The molecule has 2 atom stereocenters. The van der Waals surface area contributed by atoms with Gasteiger partial charge >= 0.3 is 5.97 Å². The number of esters is 1. The molecule has 500 valence electrons. The van der Waals surface area contributed by atoms with E-state index in [1.165, 1.54) is 340 Å². The van der Waals surface area contributed by atoms with E-state index in [0.717, 1.165) is 51.4 Å². The number of rotatable bonds is 72. The van der Waals surface area contributed by atoms with Gasteiger partial charge in [0.05, 0.1) is 25.4 Å². The zero-order chi connectivity index (χ0) is 61.3. The number of carbonyl (C=O) groups is 2. The predicted molar refractivity (Wildman–Crippen MR) is 375 cm³/mol. The number of aliphatic hydroxyl groups excluding tert-OH is 2. The molecule has 0 spiro atoms. The van der Waals surface area contributed by atoms with Crippen LogP contribution in [0.3, 0.4) is 0 Å². The number of ether oxygens (including phenoxy) is 1. The lowest BCUT2D eigenvalue weighted by Gasteiger charge is -2.20. The average Bonchev–Trinajstić information content (AvgIpc) is 3.51. The van der Waals surface area contributed by atoms with Crippen LogP contribution < -0.4 is 5.32 Å². The van der Waals surface area contributed by atoms with Gasteiger partial charge in [0, 0.05) is 12.8 Å². The standard InChI is InChI=1S/C79H149NO5/c1-3-5-7-9-11-13-15-17-18-45-49-53-57-61-65-69-73-79(84)85-74-70-66-62-58-54-50-46-43-41-39-37-35-33-31-29-27-25-23-21-19-20-22-24-26-28-30-32-34-36-38-40-42-44-48-52-56-60-64-68-72-78(83)80-76(75-81)77(82)71-67-63-59-55-51-47-16-14-12-10-8-6-4-2/h13,15,18-20,45,67,71,76-77,81-82H,3-12,14,16-17,21-44,46-66,68-70,72-75H2,1-2H3,(H,80,83)/b15-13-,20-19-,45-18-,71-67+. The Kier molecular flexibility index (Phi) is 72.4. The fraction of sp³-hybridized carbons (Fsp3) is 0.873. The molecule has 6 heteroatoms. The third-order valence-electron chi connectivity index (χ3n) is 17.8. The Hall–Kier alpha value is -2.18. The van der Waals surface area contributed by atoms with E-state index in [4.69, 9.17) is 4.74 Å². The molecule has 0 aliphatic heterocycles. The van der Waals surface area contributed by atoms with E-state index in [-0.39, 0.29) is 18.5 Å². The summed E-state index contributed by atoms with van der Waals surface area (Å²) in [4.78, 5) is 24.6. The zero-order valence-corrected chi connectivity index (χ0v) is 57.4. The molecule has 0 radical (unpaired) electrons. The fourth-order valence-electron chi connectivity index (χ4n) is 12.0. The summed E-state index contributed by atoms with van der Waals surface area (Å²) in [7, 11) is 0. The molecule has 0 aromatic carbocycles. The van der Waals surface area contributed by atoms with Gasteiger partial charge in [0.25, 0.3) is 0 Å². The number of allylic oxidation sites excluding steroid dienone is 7. The maximum Gasteiger partial charge on any atom is 0.305 e. The van der Waals surface area contributed by atoms with Crippen LogP contribution in [0.25, 0.3) is 0 Å². The van der Waals surface area contributed by atoms with Crippen molar-refractivity contribution < 1.29 is 24.5 Å². The highest BCUT2D eigenvalue weighted by atomic mass is 16.5. The molecule has 0 fully saturated rings. The number of hydrogen-bond donors (Lipinski definition) is 3. The molecule has 0 heterocycles. The summed E-state index contributed by atoms with van der Waals surface area (Å²) in [6.45, 7) is 4.90. The van der Waals surface area contributed by atoms with Crippen LogP contribution in [0.1, 0.15) is 418 Å². The van der Waals surface area contributed by atoms with Crippen LogP contribution in [-0.4, -0.2) is 47.4 Å². The van der Waals surface area contributed by atoms with Crippen LogP contribution in [0, 0.1) is 0 Å². The third kappa shape index (κ3) is 70.8. The minimum atomic E-state index is -0.841. The minimum absolute atomic E-state index is 0.00900. The van der Waals surface area contributed by atoms with Gasteiger partial charge in [-0.3, -0.25) is 9.59 Å². The lowest BCUT2D eigenvalue weighted by molar-refractivity contribution is -0.143. The molecule has 0 saturated heterocycles. The molecule has 0 aromatic heterocycles. The summed E-state index contributed by atoms with van der Waals surface area (Å²) in [6, 6.07) is -0.624. The van der Waals surface area contributed by atoms with Crippen molar-refractivity contribution in [3.05, 3.63) is 48.6 Å². The Labute approximate surface area is 531 Å². The van der Waals surface area contributed by atoms with Gasteiger partial charge in [-0.25, -0.2) is 0 Å². The molecule has 0 saturated carbocycles. The summed E-state index contributed by atoms with van der Waals surface area (Å²) in [5.74, 6) is -0.0533. The molecule has 1 amide bonds. The van der Waals surface area contributed by atoms with Gasteiger partial charge in [0.15, 0.2) is 0 Å². The Bertz CT molecular complexity index is 1420. The molecule has 0 aliphatic rings. The lowest BCUT2D eigenvalue weighted by atomic mass is 10.0. The molecule has 0 bridgehead atoms. The van der Waals surface area contributed by atoms with Gasteiger partial charge in [0.2, 0.25) is 5.91 Å². The number of hydrogen-bond acceptors (Lipinski definition) is 5. The van der Waals surface area contributed by atoms with Crippen LogP contribution in [-0.2, 0) is 14.3 Å². The van der Waals surface area contributed by atoms with Crippen molar-refractivity contribution >= 4 is 11.9 Å². The van der Waals surface area contributed by atoms with Gasteiger partial charge in [-0.1, -0.05) is 364 Å². The first kappa shape index (κ1) is 82.8. The first-order valence-corrected chi connectivity index (χ1v) is 38.4. The largest absolute Gasteiger partial charge is 0.466 e. The summed E-state index contributed by atoms with van der Waals surface area (Å²) in [6.07, 6.45) is 98.1. The molecule has 3 N–H and O–H groups in total. The molecule has 2 unspecified atom stereocenters. The summed E-state index contributed by atoms with van der Waals surface area (Å²) in [5.41, 5.74) is 0. The van der Waals surface area contributed by atoms with Crippen molar-refractivity contribution in [2.75, 3.05) is 13.2 Å². The number of nitrogens with one attached hydrogen (secondary N) is 1. The van der Waals surface area contributed by atoms with Gasteiger partial charge in [-0.05, 0) is 89.9 Å². The number of unbranched alkanes of at least 4 members (excludes halogenated alkanes) is 55. The number of carbonyl (C=O) groups excluding carboxylic acids is 2. The second-order valence-corrected chi connectivity index (χ2v) is 26.3. The second-order valence-electron chi connectivity index (χ2n) is 26.3. The summed E-state index contributed by atoms with van der Waals surface area (Å²) >= 11 is 0. The monoisotopic (exact) mass is 1190 g/mol. The van der Waals surface area contributed by atoms with Crippen molar-refractivity contribution in [2.45, 2.75) is 431 Å². The van der Waals surface area contributed by atoms with Crippen molar-refractivity contribution in [3.8, 4) is 0 Å². The van der Waals surface area contributed by atoms with Gasteiger partial charge in [-0.15, -0.1) is 0 Å². The summed E-state index contributed by atoms with van der Waals surface area (Å²) < 4.78 is 5.50. The van der Waals surface area contributed by atoms with E-state index in [9.17, 15) is 19.8 Å². The Morgan fingerprint density at radius 1 is 0.329 bits per heavy atom. The number of aliphatic hydroxyl groups is 2. The zero-order valence-electron chi connectivity index (χ0n) is 57.4. The second kappa shape index (κ2) is 74.3. The van der Waals surface area contributed by atoms with E-state index < -0.39 is 12.1 Å². The van der Waals surface area contributed by atoms with Gasteiger partial charge < -0.3 is 20.3 Å². The number of amides is 1. The first-order valence-electron chi connectivity index (χ1n) is 38.4.